The lowest BCUT2D eigenvalue weighted by Crippen LogP contribution is -2.33. The molecule has 0 unspecified atom stereocenters. The van der Waals surface area contributed by atoms with Crippen LogP contribution in [0, 0.1) is 34.5 Å². The zero-order chi connectivity index (χ0) is 11.0. The van der Waals surface area contributed by atoms with Gasteiger partial charge in [0.1, 0.15) is 0 Å². The molecule has 0 aromatic heterocycles. The van der Waals surface area contributed by atoms with Crippen molar-refractivity contribution in [3.8, 4) is 12.1 Å². The maximum Gasteiger partial charge on any atom is 0.0947 e. The van der Waals surface area contributed by atoms with E-state index in [-0.39, 0.29) is 21.5 Å². The van der Waals surface area contributed by atoms with Gasteiger partial charge in [0.2, 0.25) is 0 Å². The third-order valence-electron chi connectivity index (χ3n) is 3.01. The van der Waals surface area contributed by atoms with E-state index in [1.165, 1.54) is 0 Å². The first-order valence-electron chi connectivity index (χ1n) is 4.69. The van der Waals surface area contributed by atoms with Crippen molar-refractivity contribution in [2.75, 3.05) is 0 Å². The van der Waals surface area contributed by atoms with E-state index in [1.807, 2.05) is 12.2 Å². The average molecular weight is 328 g/mol. The molecular weight excluding hydrogens is 320 g/mol. The van der Waals surface area contributed by atoms with Gasteiger partial charge < -0.3 is 0 Å². The molecule has 2 bridgehead atoms. The van der Waals surface area contributed by atoms with Crippen molar-refractivity contribution in [1.82, 2.24) is 0 Å². The Morgan fingerprint density at radius 3 is 1.73 bits per heavy atom. The minimum absolute atomic E-state index is 0.120. The summed E-state index contributed by atoms with van der Waals surface area (Å²) in [7, 11) is 0. The van der Waals surface area contributed by atoms with Crippen molar-refractivity contribution in [2.45, 2.75) is 16.1 Å². The molecule has 0 saturated carbocycles. The summed E-state index contributed by atoms with van der Waals surface area (Å²) in [5, 5.41) is 18.0. The van der Waals surface area contributed by atoms with E-state index in [2.05, 4.69) is 44.0 Å². The van der Waals surface area contributed by atoms with Gasteiger partial charge in [-0.2, -0.15) is 10.5 Å². The Kier molecular flexibility index (Phi) is 3.00. The highest BCUT2D eigenvalue weighted by molar-refractivity contribution is 9.10. The van der Waals surface area contributed by atoms with E-state index in [0.29, 0.717) is 0 Å². The quantitative estimate of drug-likeness (QED) is 0.642. The highest BCUT2D eigenvalue weighted by Gasteiger charge is 2.38. The van der Waals surface area contributed by atoms with E-state index < -0.39 is 0 Å². The van der Waals surface area contributed by atoms with Crippen LogP contribution in [0.5, 0.6) is 0 Å². The number of nitriles is 2. The highest BCUT2D eigenvalue weighted by atomic mass is 79.9. The number of alkyl halides is 2. The molecule has 0 aromatic carbocycles. The fourth-order valence-electron chi connectivity index (χ4n) is 2.19. The number of allylic oxidation sites excluding steroid dienone is 4. The highest BCUT2D eigenvalue weighted by Crippen LogP contribution is 2.44. The maximum atomic E-state index is 9.02. The standard InChI is InChI=1S/C11H8Br2N2/c12-10-1-6(4-14)8-3-9(10)7(5-15)2-11(8)13/h1-2,8-11H,3H2/t8-,9+,10+,11-. The Balaban J connectivity index is 2.42. The normalized spacial score (nSPS) is 38.4. The van der Waals surface area contributed by atoms with Crippen molar-refractivity contribution in [3.63, 3.8) is 0 Å². The van der Waals surface area contributed by atoms with E-state index >= 15 is 0 Å². The van der Waals surface area contributed by atoms with E-state index in [1.54, 1.807) is 0 Å². The summed E-state index contributed by atoms with van der Waals surface area (Å²) in [4.78, 5) is 0.239. The summed E-state index contributed by atoms with van der Waals surface area (Å²) in [5.41, 5.74) is 1.64. The fraction of sp³-hybridized carbons (Fsp3) is 0.455. The molecule has 0 heterocycles. The molecule has 0 spiro atoms. The number of fused-ring (bicyclic) bond motifs is 2. The average Bonchev–Trinajstić information content (AvgIpc) is 2.25. The summed E-state index contributed by atoms with van der Waals surface area (Å²) in [6.07, 6.45) is 4.76. The number of rotatable bonds is 0. The fourth-order valence-corrected chi connectivity index (χ4v) is 3.76. The van der Waals surface area contributed by atoms with Gasteiger partial charge in [-0.25, -0.2) is 0 Å². The van der Waals surface area contributed by atoms with Crippen LogP contribution in [-0.2, 0) is 0 Å². The number of hydrogen-bond acceptors (Lipinski definition) is 2. The second-order valence-corrected chi connectivity index (χ2v) is 5.92. The molecule has 2 aliphatic carbocycles. The zero-order valence-corrected chi connectivity index (χ0v) is 11.0. The van der Waals surface area contributed by atoms with Crippen LogP contribution in [0.2, 0.25) is 0 Å². The molecular formula is C11H8Br2N2. The molecule has 0 N–H and O–H groups in total. The van der Waals surface area contributed by atoms with Crippen LogP contribution < -0.4 is 0 Å². The van der Waals surface area contributed by atoms with Crippen molar-refractivity contribution >= 4 is 31.9 Å². The second kappa shape index (κ2) is 4.12. The van der Waals surface area contributed by atoms with E-state index in [9.17, 15) is 0 Å². The van der Waals surface area contributed by atoms with Gasteiger partial charge in [-0.15, -0.1) is 0 Å². The van der Waals surface area contributed by atoms with E-state index in [0.717, 1.165) is 17.6 Å². The van der Waals surface area contributed by atoms with Crippen LogP contribution >= 0.6 is 31.9 Å². The summed E-state index contributed by atoms with van der Waals surface area (Å²) >= 11 is 7.05. The van der Waals surface area contributed by atoms with Gasteiger partial charge in [-0.05, 0) is 6.42 Å². The minimum atomic E-state index is 0.120. The molecule has 0 saturated heterocycles. The number of nitrogens with zero attached hydrogens (tertiary/aromatic N) is 2. The van der Waals surface area contributed by atoms with Crippen molar-refractivity contribution in [3.05, 3.63) is 23.3 Å². The summed E-state index contributed by atoms with van der Waals surface area (Å²) < 4.78 is 0. The first kappa shape index (κ1) is 10.9. The second-order valence-electron chi connectivity index (χ2n) is 3.81. The maximum absolute atomic E-state index is 9.02. The Labute approximate surface area is 106 Å². The monoisotopic (exact) mass is 326 g/mol. The van der Waals surface area contributed by atoms with Gasteiger partial charge in [0, 0.05) is 32.6 Å². The van der Waals surface area contributed by atoms with Crippen molar-refractivity contribution in [1.29, 1.82) is 10.5 Å². The van der Waals surface area contributed by atoms with Crippen molar-refractivity contribution < 1.29 is 0 Å². The topological polar surface area (TPSA) is 47.6 Å². The molecule has 2 nitrogen and oxygen atoms in total. The third-order valence-corrected chi connectivity index (χ3v) is 4.82. The molecule has 0 fully saturated rings. The van der Waals surface area contributed by atoms with Gasteiger partial charge >= 0.3 is 0 Å². The summed E-state index contributed by atoms with van der Waals surface area (Å²) in [6, 6.07) is 4.48. The van der Waals surface area contributed by atoms with Gasteiger partial charge in [0.25, 0.3) is 0 Å². The molecule has 76 valence electrons. The van der Waals surface area contributed by atoms with Crippen LogP contribution in [0.1, 0.15) is 6.42 Å². The summed E-state index contributed by atoms with van der Waals surface area (Å²) in [5.74, 6) is 0.455. The Morgan fingerprint density at radius 1 is 1.00 bits per heavy atom. The molecule has 0 aliphatic heterocycles. The molecule has 2 aliphatic rings. The van der Waals surface area contributed by atoms with Crippen LogP contribution in [-0.4, -0.2) is 9.65 Å². The number of hydrogen-bond donors (Lipinski definition) is 0. The lowest BCUT2D eigenvalue weighted by atomic mass is 9.72. The number of halogens is 2. The predicted molar refractivity (Wildman–Crippen MR) is 64.4 cm³/mol. The van der Waals surface area contributed by atoms with Crippen LogP contribution in [0.15, 0.2) is 23.3 Å². The largest absolute Gasteiger partial charge is 0.193 e. The van der Waals surface area contributed by atoms with Gasteiger partial charge in [-0.3, -0.25) is 0 Å². The Morgan fingerprint density at radius 2 is 1.40 bits per heavy atom. The molecule has 15 heavy (non-hydrogen) atoms. The predicted octanol–water partition coefficient (Wildman–Crippen LogP) is 3.06. The molecule has 0 aromatic rings. The van der Waals surface area contributed by atoms with Gasteiger partial charge in [-0.1, -0.05) is 44.0 Å². The van der Waals surface area contributed by atoms with Crippen LogP contribution in [0.25, 0.3) is 0 Å². The SMILES string of the molecule is N#CC1=C[C@H](Br)[C@H]2C[C@H]1[C@H](Br)C=C2C#N. The van der Waals surface area contributed by atoms with E-state index in [4.69, 9.17) is 10.5 Å². The zero-order valence-electron chi connectivity index (χ0n) is 7.82. The van der Waals surface area contributed by atoms with Gasteiger partial charge in [0.05, 0.1) is 12.1 Å². The van der Waals surface area contributed by atoms with Crippen molar-refractivity contribution in [2.24, 2.45) is 11.8 Å². The van der Waals surface area contributed by atoms with Crippen LogP contribution in [0.4, 0.5) is 0 Å². The molecule has 4 heteroatoms. The first-order valence-corrected chi connectivity index (χ1v) is 6.52. The lowest BCUT2D eigenvalue weighted by molar-refractivity contribution is 0.437. The Hall–Kier alpha value is -0.580. The van der Waals surface area contributed by atoms with Gasteiger partial charge in [0.15, 0.2) is 0 Å². The molecule has 0 radical (unpaired) electrons. The summed E-state index contributed by atoms with van der Waals surface area (Å²) in [6.45, 7) is 0. The third kappa shape index (κ3) is 1.77. The smallest absolute Gasteiger partial charge is 0.0947 e. The molecule has 2 rings (SSSR count). The molecule has 4 atom stereocenters. The lowest BCUT2D eigenvalue weighted by Gasteiger charge is -2.36. The first-order chi connectivity index (χ1) is 7.17. The van der Waals surface area contributed by atoms with Crippen LogP contribution in [0.3, 0.4) is 0 Å². The molecule has 0 amide bonds. The Bertz CT molecular complexity index is 385. The minimum Gasteiger partial charge on any atom is -0.193 e.